The van der Waals surface area contributed by atoms with E-state index in [0.717, 1.165) is 21.7 Å². The minimum absolute atomic E-state index is 0.0376. The summed E-state index contributed by atoms with van der Waals surface area (Å²) in [5.41, 5.74) is 1.79. The van der Waals surface area contributed by atoms with Crippen LogP contribution in [0.4, 0.5) is 5.82 Å². The molecule has 10 nitrogen and oxygen atoms in total. The summed E-state index contributed by atoms with van der Waals surface area (Å²) in [6, 6.07) is 11.3. The van der Waals surface area contributed by atoms with Gasteiger partial charge in [-0.15, -0.1) is 11.3 Å². The molecule has 0 unspecified atom stereocenters. The molecule has 5 rings (SSSR count). The number of carbonyl (C=O) groups excluding carboxylic acids is 2. The van der Waals surface area contributed by atoms with Crippen LogP contribution in [-0.4, -0.2) is 42.6 Å². The van der Waals surface area contributed by atoms with Crippen LogP contribution >= 0.6 is 11.3 Å². The van der Waals surface area contributed by atoms with Gasteiger partial charge in [-0.25, -0.2) is 4.79 Å². The smallest absolute Gasteiger partial charge is 0.332 e. The Bertz CT molecular complexity index is 1580. The van der Waals surface area contributed by atoms with Crippen LogP contribution in [0.3, 0.4) is 0 Å². The summed E-state index contributed by atoms with van der Waals surface area (Å²) in [7, 11) is 0. The number of H-pyrrole nitrogens is 1. The van der Waals surface area contributed by atoms with E-state index in [0.29, 0.717) is 42.0 Å². The molecule has 4 heterocycles. The van der Waals surface area contributed by atoms with Crippen molar-refractivity contribution in [3.8, 4) is 0 Å². The highest BCUT2D eigenvalue weighted by atomic mass is 32.1. The van der Waals surface area contributed by atoms with E-state index in [1.807, 2.05) is 37.3 Å². The lowest BCUT2D eigenvalue weighted by molar-refractivity contribution is -0.129. The third-order valence-electron chi connectivity index (χ3n) is 6.39. The van der Waals surface area contributed by atoms with Crippen molar-refractivity contribution in [2.45, 2.75) is 46.3 Å². The summed E-state index contributed by atoms with van der Waals surface area (Å²) in [5, 5.41) is 9.95. The molecule has 1 aliphatic heterocycles. The quantitative estimate of drug-likeness (QED) is 0.415. The lowest BCUT2D eigenvalue weighted by Crippen LogP contribution is -2.42. The van der Waals surface area contributed by atoms with Crippen LogP contribution in [-0.2, 0) is 42.1 Å². The average molecular weight is 507 g/mol. The number of carbonyl (C=O) groups is 2. The van der Waals surface area contributed by atoms with Crippen molar-refractivity contribution in [2.24, 2.45) is 0 Å². The zero-order valence-corrected chi connectivity index (χ0v) is 20.9. The molecule has 0 atom stereocenters. The molecule has 0 fully saturated rings. The number of aromatic amines is 1. The van der Waals surface area contributed by atoms with Crippen molar-refractivity contribution >= 4 is 39.2 Å². The molecule has 0 bridgehead atoms. The van der Waals surface area contributed by atoms with Gasteiger partial charge in [0, 0.05) is 36.7 Å². The third-order valence-corrected chi connectivity index (χ3v) is 7.63. The number of nitrogens with zero attached hydrogens (tertiary/aromatic N) is 4. The Morgan fingerprint density at radius 1 is 1.17 bits per heavy atom. The first-order valence-electron chi connectivity index (χ1n) is 11.7. The van der Waals surface area contributed by atoms with E-state index in [-0.39, 0.29) is 24.6 Å². The molecule has 2 amide bonds. The molecular formula is C25H26N6O4S. The zero-order chi connectivity index (χ0) is 25.4. The number of benzene rings is 1. The fraction of sp³-hybridized carbons (Fsp3) is 0.320. The minimum atomic E-state index is -0.529. The molecule has 0 aliphatic carbocycles. The summed E-state index contributed by atoms with van der Waals surface area (Å²) < 4.78 is 2.60. The maximum atomic E-state index is 13.6. The van der Waals surface area contributed by atoms with E-state index in [2.05, 4.69) is 15.5 Å². The predicted molar refractivity (Wildman–Crippen MR) is 137 cm³/mol. The number of thiophene rings is 1. The number of anilines is 1. The monoisotopic (exact) mass is 506 g/mol. The number of aromatic nitrogens is 4. The van der Waals surface area contributed by atoms with Gasteiger partial charge in [-0.3, -0.25) is 28.6 Å². The summed E-state index contributed by atoms with van der Waals surface area (Å²) in [6.07, 6.45) is 1.03. The number of hydrogen-bond acceptors (Lipinski definition) is 6. The molecule has 186 valence electrons. The van der Waals surface area contributed by atoms with E-state index < -0.39 is 11.6 Å². The first-order chi connectivity index (χ1) is 17.3. The van der Waals surface area contributed by atoms with Crippen molar-refractivity contribution < 1.29 is 9.59 Å². The van der Waals surface area contributed by atoms with Gasteiger partial charge in [0.15, 0.2) is 5.82 Å². The lowest BCUT2D eigenvalue weighted by Gasteiger charge is -2.25. The highest BCUT2D eigenvalue weighted by Crippen LogP contribution is 2.33. The maximum absolute atomic E-state index is 13.6. The molecule has 36 heavy (non-hydrogen) atoms. The van der Waals surface area contributed by atoms with Crippen LogP contribution in [0.5, 0.6) is 0 Å². The molecule has 0 radical (unpaired) electrons. The molecule has 0 saturated heterocycles. The Kier molecular flexibility index (Phi) is 6.31. The highest BCUT2D eigenvalue weighted by Gasteiger charge is 2.27. The van der Waals surface area contributed by atoms with E-state index >= 15 is 0 Å². The van der Waals surface area contributed by atoms with Gasteiger partial charge < -0.3 is 10.2 Å². The van der Waals surface area contributed by atoms with Crippen molar-refractivity contribution in [3.05, 3.63) is 78.9 Å². The van der Waals surface area contributed by atoms with Gasteiger partial charge in [-0.1, -0.05) is 30.3 Å². The van der Waals surface area contributed by atoms with Gasteiger partial charge in [0.2, 0.25) is 11.8 Å². The normalized spacial score (nSPS) is 13.1. The number of rotatable bonds is 6. The number of fused-ring (bicyclic) bond motifs is 3. The van der Waals surface area contributed by atoms with Crippen molar-refractivity contribution in [3.63, 3.8) is 0 Å². The molecule has 1 aromatic carbocycles. The molecule has 2 N–H and O–H groups in total. The van der Waals surface area contributed by atoms with Crippen molar-refractivity contribution in [2.75, 3.05) is 11.9 Å². The van der Waals surface area contributed by atoms with Crippen LogP contribution in [0.2, 0.25) is 0 Å². The zero-order valence-electron chi connectivity index (χ0n) is 20.0. The third kappa shape index (κ3) is 4.49. The Labute approximate surface area is 210 Å². The van der Waals surface area contributed by atoms with E-state index in [1.54, 1.807) is 11.0 Å². The van der Waals surface area contributed by atoms with Gasteiger partial charge >= 0.3 is 5.69 Å². The number of nitrogens with one attached hydrogen (secondary N) is 2. The molecule has 0 saturated carbocycles. The fourth-order valence-electron chi connectivity index (χ4n) is 4.55. The van der Waals surface area contributed by atoms with Crippen molar-refractivity contribution in [1.82, 2.24) is 24.2 Å². The standard InChI is InChI=1S/C25H26N6O4S/c1-15-12-20(28-27-15)26-21(33)14-31-24-22(18-9-10-29(16(2)32)13-19(18)36-24)23(34)30(25(31)35)11-8-17-6-4-3-5-7-17/h3-7,12H,8-11,13-14H2,1-2H3,(H2,26,27,28,33). The Balaban J connectivity index is 1.58. The van der Waals surface area contributed by atoms with E-state index in [4.69, 9.17) is 0 Å². The van der Waals surface area contributed by atoms with Gasteiger partial charge in [-0.2, -0.15) is 5.10 Å². The Hall–Kier alpha value is -3.99. The first-order valence-corrected chi connectivity index (χ1v) is 12.5. The Morgan fingerprint density at radius 3 is 2.64 bits per heavy atom. The molecule has 1 aliphatic rings. The van der Waals surface area contributed by atoms with Gasteiger partial charge in [0.1, 0.15) is 11.4 Å². The lowest BCUT2D eigenvalue weighted by atomic mass is 10.1. The first kappa shape index (κ1) is 23.7. The molecule has 11 heteroatoms. The molecular weight excluding hydrogens is 480 g/mol. The number of hydrogen-bond donors (Lipinski definition) is 2. The largest absolute Gasteiger partial charge is 0.337 e. The van der Waals surface area contributed by atoms with E-state index in [9.17, 15) is 19.2 Å². The van der Waals surface area contributed by atoms with Crippen LogP contribution in [0.1, 0.15) is 28.6 Å². The average Bonchev–Trinajstić information content (AvgIpc) is 3.44. The maximum Gasteiger partial charge on any atom is 0.332 e. The van der Waals surface area contributed by atoms with Crippen LogP contribution in [0, 0.1) is 6.92 Å². The second kappa shape index (κ2) is 9.57. The van der Waals surface area contributed by atoms with Crippen LogP contribution < -0.4 is 16.6 Å². The Morgan fingerprint density at radius 2 is 1.94 bits per heavy atom. The molecule has 3 aromatic heterocycles. The predicted octanol–water partition coefficient (Wildman–Crippen LogP) is 2.04. The van der Waals surface area contributed by atoms with Gasteiger partial charge in [-0.05, 0) is 30.9 Å². The number of amides is 2. The second-order valence-corrected chi connectivity index (χ2v) is 10.0. The summed E-state index contributed by atoms with van der Waals surface area (Å²) in [5.74, 6) is -0.0962. The highest BCUT2D eigenvalue weighted by molar-refractivity contribution is 7.18. The van der Waals surface area contributed by atoms with Gasteiger partial charge in [0.25, 0.3) is 5.56 Å². The van der Waals surface area contributed by atoms with E-state index in [1.165, 1.54) is 27.4 Å². The minimum Gasteiger partial charge on any atom is -0.337 e. The van der Waals surface area contributed by atoms with Crippen molar-refractivity contribution in [1.29, 1.82) is 0 Å². The SMILES string of the molecule is CC(=O)N1CCc2c(sc3c2c(=O)n(CCc2ccccc2)c(=O)n3CC(=O)Nc2cc(C)[nH]n2)C1. The molecule has 0 spiro atoms. The number of aryl methyl sites for hydroxylation is 2. The van der Waals surface area contributed by atoms with Crippen LogP contribution in [0.25, 0.3) is 10.2 Å². The molecule has 4 aromatic rings. The second-order valence-electron chi connectivity index (χ2n) is 8.92. The topological polar surface area (TPSA) is 122 Å². The summed E-state index contributed by atoms with van der Waals surface area (Å²) >= 11 is 1.31. The van der Waals surface area contributed by atoms with Crippen LogP contribution in [0.15, 0.2) is 46.0 Å². The van der Waals surface area contributed by atoms with Gasteiger partial charge in [0.05, 0.1) is 11.9 Å². The summed E-state index contributed by atoms with van der Waals surface area (Å²) in [6.45, 7) is 4.17. The fourth-order valence-corrected chi connectivity index (χ4v) is 5.90. The summed E-state index contributed by atoms with van der Waals surface area (Å²) in [4.78, 5) is 55.1.